The Kier molecular flexibility index (Phi) is 5.92. The molecular weight excluding hydrogens is 356 g/mol. The molecule has 0 aromatic heterocycles. The molecule has 3 N–H and O–H groups in total. The van der Waals surface area contributed by atoms with Crippen molar-refractivity contribution < 1.29 is 18.0 Å². The van der Waals surface area contributed by atoms with Gasteiger partial charge in [-0.15, -0.1) is 0 Å². The summed E-state index contributed by atoms with van der Waals surface area (Å²) in [6.45, 7) is 7.00. The molecule has 9 heteroatoms. The maximum Gasteiger partial charge on any atom is 0.312 e. The van der Waals surface area contributed by atoms with Crippen LogP contribution in [0, 0.1) is 0 Å². The van der Waals surface area contributed by atoms with E-state index in [1.807, 2.05) is 12.1 Å². The Bertz CT molecular complexity index is 761. The van der Waals surface area contributed by atoms with E-state index in [1.54, 1.807) is 12.1 Å². The van der Waals surface area contributed by atoms with E-state index in [0.717, 1.165) is 5.56 Å². The quantitative estimate of drug-likeness (QED) is 0.789. The van der Waals surface area contributed by atoms with Gasteiger partial charge in [0.2, 0.25) is 15.9 Å². The van der Waals surface area contributed by atoms with Crippen molar-refractivity contribution in [1.29, 1.82) is 0 Å². The number of hydrogen-bond donors (Lipinski definition) is 2. The fourth-order valence-corrected chi connectivity index (χ4v) is 4.15. The standard InChI is InChI=1S/C17H26N4O4S/c1-17(2,3)13-4-6-14(7-5-13)26(24,25)21-10-8-20(9-11-21)15(22)12-19-16(18)23/h4-7H,8-12H2,1-3H3,(H3,18,19,23). The first kappa shape index (κ1) is 20.2. The van der Waals surface area contributed by atoms with E-state index in [-0.39, 0.29) is 48.9 Å². The topological polar surface area (TPSA) is 113 Å². The van der Waals surface area contributed by atoms with E-state index >= 15 is 0 Å². The van der Waals surface area contributed by atoms with Gasteiger partial charge in [-0.1, -0.05) is 32.9 Å². The van der Waals surface area contributed by atoms with Crippen LogP contribution in [-0.2, 0) is 20.2 Å². The van der Waals surface area contributed by atoms with Crippen molar-refractivity contribution in [2.45, 2.75) is 31.1 Å². The monoisotopic (exact) mass is 382 g/mol. The minimum Gasteiger partial charge on any atom is -0.352 e. The van der Waals surface area contributed by atoms with E-state index in [9.17, 15) is 18.0 Å². The van der Waals surface area contributed by atoms with E-state index in [0.29, 0.717) is 0 Å². The molecule has 3 amide bonds. The number of urea groups is 1. The number of rotatable bonds is 4. The fourth-order valence-electron chi connectivity index (χ4n) is 2.73. The highest BCUT2D eigenvalue weighted by molar-refractivity contribution is 7.89. The summed E-state index contributed by atoms with van der Waals surface area (Å²) in [4.78, 5) is 24.4. The molecule has 0 radical (unpaired) electrons. The molecule has 0 saturated carbocycles. The Balaban J connectivity index is 2.01. The van der Waals surface area contributed by atoms with E-state index in [1.165, 1.54) is 9.21 Å². The molecule has 2 rings (SSSR count). The largest absolute Gasteiger partial charge is 0.352 e. The van der Waals surface area contributed by atoms with Crippen molar-refractivity contribution in [3.8, 4) is 0 Å². The smallest absolute Gasteiger partial charge is 0.312 e. The van der Waals surface area contributed by atoms with Gasteiger partial charge in [0.25, 0.3) is 0 Å². The van der Waals surface area contributed by atoms with Gasteiger partial charge in [-0.2, -0.15) is 4.31 Å². The molecule has 1 aromatic carbocycles. The van der Waals surface area contributed by atoms with Crippen LogP contribution < -0.4 is 11.1 Å². The number of primary amides is 1. The third-order valence-electron chi connectivity index (χ3n) is 4.36. The zero-order valence-corrected chi connectivity index (χ0v) is 16.2. The Morgan fingerprint density at radius 2 is 1.62 bits per heavy atom. The second-order valence-corrected chi connectivity index (χ2v) is 9.21. The Labute approximate surface area is 154 Å². The van der Waals surface area contributed by atoms with Crippen LogP contribution in [0.5, 0.6) is 0 Å². The van der Waals surface area contributed by atoms with Crippen LogP contribution >= 0.6 is 0 Å². The van der Waals surface area contributed by atoms with E-state index in [2.05, 4.69) is 26.1 Å². The van der Waals surface area contributed by atoms with Gasteiger partial charge < -0.3 is 16.0 Å². The average Bonchev–Trinajstić information content (AvgIpc) is 2.59. The predicted molar refractivity (Wildman–Crippen MR) is 98.1 cm³/mol. The molecule has 1 aliphatic rings. The molecule has 1 saturated heterocycles. The van der Waals surface area contributed by atoms with Crippen LogP contribution in [0.4, 0.5) is 4.79 Å². The Morgan fingerprint density at radius 3 is 2.08 bits per heavy atom. The summed E-state index contributed by atoms with van der Waals surface area (Å²) in [6, 6.07) is 6.16. The number of nitrogens with two attached hydrogens (primary N) is 1. The summed E-state index contributed by atoms with van der Waals surface area (Å²) in [5, 5.41) is 2.24. The molecular formula is C17H26N4O4S. The maximum atomic E-state index is 12.8. The molecule has 1 fully saturated rings. The molecule has 1 aliphatic heterocycles. The number of nitrogens with zero attached hydrogens (tertiary/aromatic N) is 2. The summed E-state index contributed by atoms with van der Waals surface area (Å²) in [5.74, 6) is -0.282. The third kappa shape index (κ3) is 4.73. The lowest BCUT2D eigenvalue weighted by Gasteiger charge is -2.34. The summed E-state index contributed by atoms with van der Waals surface area (Å²) in [7, 11) is -3.59. The van der Waals surface area contributed by atoms with Gasteiger partial charge in [-0.05, 0) is 23.1 Å². The average molecular weight is 382 g/mol. The zero-order chi connectivity index (χ0) is 19.5. The molecule has 144 valence electrons. The van der Waals surface area contributed by atoms with Crippen LogP contribution in [0.25, 0.3) is 0 Å². The number of amides is 3. The lowest BCUT2D eigenvalue weighted by atomic mass is 9.87. The number of sulfonamides is 1. The van der Waals surface area contributed by atoms with Crippen molar-refractivity contribution >= 4 is 22.0 Å². The molecule has 0 bridgehead atoms. The lowest BCUT2D eigenvalue weighted by molar-refractivity contribution is -0.131. The number of carbonyl (C=O) groups excluding carboxylic acids is 2. The van der Waals surface area contributed by atoms with Crippen LogP contribution in [0.15, 0.2) is 29.2 Å². The first-order chi connectivity index (χ1) is 12.0. The van der Waals surface area contributed by atoms with E-state index in [4.69, 9.17) is 5.73 Å². The molecule has 1 heterocycles. The minimum atomic E-state index is -3.59. The minimum absolute atomic E-state index is 0.0484. The molecule has 0 unspecified atom stereocenters. The van der Waals surface area contributed by atoms with Crippen molar-refractivity contribution in [1.82, 2.24) is 14.5 Å². The highest BCUT2D eigenvalue weighted by Gasteiger charge is 2.30. The number of benzene rings is 1. The Hall–Kier alpha value is -2.13. The van der Waals surface area contributed by atoms with Crippen molar-refractivity contribution in [3.05, 3.63) is 29.8 Å². The maximum absolute atomic E-state index is 12.8. The highest BCUT2D eigenvalue weighted by atomic mass is 32.2. The van der Waals surface area contributed by atoms with Gasteiger partial charge in [-0.3, -0.25) is 4.79 Å². The second kappa shape index (κ2) is 7.63. The number of carbonyl (C=O) groups is 2. The fraction of sp³-hybridized carbons (Fsp3) is 0.529. The zero-order valence-electron chi connectivity index (χ0n) is 15.4. The number of nitrogens with one attached hydrogen (secondary N) is 1. The first-order valence-electron chi connectivity index (χ1n) is 8.43. The third-order valence-corrected chi connectivity index (χ3v) is 6.28. The van der Waals surface area contributed by atoms with Gasteiger partial charge in [-0.25, -0.2) is 13.2 Å². The van der Waals surface area contributed by atoms with Crippen LogP contribution in [-0.4, -0.2) is 62.3 Å². The van der Waals surface area contributed by atoms with Crippen LogP contribution in [0.2, 0.25) is 0 Å². The summed E-state index contributed by atoms with van der Waals surface area (Å²) in [6.07, 6.45) is 0. The van der Waals surface area contributed by atoms with Crippen molar-refractivity contribution in [3.63, 3.8) is 0 Å². The molecule has 0 aliphatic carbocycles. The number of piperazine rings is 1. The van der Waals surface area contributed by atoms with Gasteiger partial charge in [0.05, 0.1) is 11.4 Å². The van der Waals surface area contributed by atoms with Crippen molar-refractivity contribution in [2.24, 2.45) is 5.73 Å². The molecule has 0 spiro atoms. The second-order valence-electron chi connectivity index (χ2n) is 7.28. The van der Waals surface area contributed by atoms with Gasteiger partial charge in [0.1, 0.15) is 0 Å². The molecule has 8 nitrogen and oxygen atoms in total. The van der Waals surface area contributed by atoms with Crippen LogP contribution in [0.1, 0.15) is 26.3 Å². The lowest BCUT2D eigenvalue weighted by Crippen LogP contribution is -2.52. The van der Waals surface area contributed by atoms with Gasteiger partial charge in [0.15, 0.2) is 0 Å². The Morgan fingerprint density at radius 1 is 1.08 bits per heavy atom. The van der Waals surface area contributed by atoms with Crippen molar-refractivity contribution in [2.75, 3.05) is 32.7 Å². The molecule has 1 aromatic rings. The van der Waals surface area contributed by atoms with E-state index < -0.39 is 16.1 Å². The molecule has 0 atom stereocenters. The first-order valence-corrected chi connectivity index (χ1v) is 9.87. The van der Waals surface area contributed by atoms with Gasteiger partial charge in [0, 0.05) is 26.2 Å². The molecule has 26 heavy (non-hydrogen) atoms. The SMILES string of the molecule is CC(C)(C)c1ccc(S(=O)(=O)N2CCN(C(=O)CNC(N)=O)CC2)cc1. The van der Waals surface area contributed by atoms with Gasteiger partial charge >= 0.3 is 6.03 Å². The van der Waals surface area contributed by atoms with Crippen LogP contribution in [0.3, 0.4) is 0 Å². The summed E-state index contributed by atoms with van der Waals surface area (Å²) in [5.41, 5.74) is 5.96. The summed E-state index contributed by atoms with van der Waals surface area (Å²) >= 11 is 0. The summed E-state index contributed by atoms with van der Waals surface area (Å²) < 4.78 is 27.0. The normalized spacial score (nSPS) is 16.3. The highest BCUT2D eigenvalue weighted by Crippen LogP contribution is 2.25. The predicted octanol–water partition coefficient (Wildman–Crippen LogP) is 0.485. The number of hydrogen-bond acceptors (Lipinski definition) is 4.